The highest BCUT2D eigenvalue weighted by Gasteiger charge is 2.07. The first kappa shape index (κ1) is 16.4. The van der Waals surface area contributed by atoms with Crippen molar-refractivity contribution in [2.75, 3.05) is 29.9 Å². The van der Waals surface area contributed by atoms with Crippen LogP contribution in [0.15, 0.2) is 0 Å². The van der Waals surface area contributed by atoms with Crippen molar-refractivity contribution >= 4 is 25.8 Å². The molecule has 0 aromatic rings. The highest BCUT2D eigenvalue weighted by Crippen LogP contribution is 2.00. The Morgan fingerprint density at radius 2 is 1.69 bits per heavy atom. The summed E-state index contributed by atoms with van der Waals surface area (Å²) in [5.74, 6) is 0.599. The minimum atomic E-state index is -2.80. The number of nitrogens with one attached hydrogen (secondary N) is 1. The van der Waals surface area contributed by atoms with E-state index < -0.39 is 9.84 Å². The van der Waals surface area contributed by atoms with Crippen molar-refractivity contribution in [3.63, 3.8) is 0 Å². The van der Waals surface area contributed by atoms with E-state index in [1.807, 2.05) is 6.92 Å². The minimum absolute atomic E-state index is 0.280. The van der Waals surface area contributed by atoms with Gasteiger partial charge in [-0.15, -0.1) is 0 Å². The second-order valence-electron chi connectivity index (χ2n) is 4.01. The van der Waals surface area contributed by atoms with E-state index in [1.54, 1.807) is 0 Å². The molecule has 0 spiro atoms. The molecule has 0 amide bonds. The molecule has 0 saturated carbocycles. The van der Waals surface area contributed by atoms with Crippen molar-refractivity contribution in [1.82, 2.24) is 5.32 Å². The van der Waals surface area contributed by atoms with E-state index in [0.717, 1.165) is 24.7 Å². The molecule has 98 valence electrons. The van der Waals surface area contributed by atoms with Crippen LogP contribution in [0.4, 0.5) is 0 Å². The van der Waals surface area contributed by atoms with Crippen LogP contribution in [-0.4, -0.2) is 38.3 Å². The van der Waals surface area contributed by atoms with Gasteiger partial charge in [-0.3, -0.25) is 0 Å². The predicted molar refractivity (Wildman–Crippen MR) is 74.1 cm³/mol. The predicted octanol–water partition coefficient (Wildman–Crippen LogP) is 2.36. The first-order chi connectivity index (χ1) is 7.62. The summed E-state index contributed by atoms with van der Waals surface area (Å²) in [4.78, 5) is 0. The van der Waals surface area contributed by atoms with Crippen LogP contribution >= 0.6 is 15.9 Å². The molecule has 0 atom stereocenters. The maximum absolute atomic E-state index is 11.4. The zero-order valence-electron chi connectivity index (χ0n) is 10.2. The Bertz CT molecular complexity index is 242. The number of rotatable bonds is 11. The van der Waals surface area contributed by atoms with Crippen molar-refractivity contribution in [3.05, 3.63) is 0 Å². The average Bonchev–Trinajstić information content (AvgIpc) is 2.22. The monoisotopic (exact) mass is 313 g/mol. The van der Waals surface area contributed by atoms with Gasteiger partial charge in [0.1, 0.15) is 0 Å². The highest BCUT2D eigenvalue weighted by atomic mass is 79.9. The lowest BCUT2D eigenvalue weighted by Gasteiger charge is -2.05. The van der Waals surface area contributed by atoms with Gasteiger partial charge in [0.05, 0.1) is 5.75 Å². The van der Waals surface area contributed by atoms with Gasteiger partial charge in [0.25, 0.3) is 0 Å². The first-order valence-corrected chi connectivity index (χ1v) is 9.03. The number of hydrogen-bond donors (Lipinski definition) is 1. The Hall–Kier alpha value is 0.390. The molecule has 0 unspecified atom stereocenters. The van der Waals surface area contributed by atoms with Crippen molar-refractivity contribution in [1.29, 1.82) is 0 Å². The van der Waals surface area contributed by atoms with Crippen LogP contribution < -0.4 is 5.32 Å². The summed E-state index contributed by atoms with van der Waals surface area (Å²) in [6.45, 7) is 3.43. The first-order valence-electron chi connectivity index (χ1n) is 6.09. The zero-order chi connectivity index (χ0) is 12.3. The van der Waals surface area contributed by atoms with E-state index >= 15 is 0 Å². The third-order valence-corrected chi connectivity index (χ3v) is 4.76. The summed E-state index contributed by atoms with van der Waals surface area (Å²) in [6.07, 6.45) is 5.56. The smallest absolute Gasteiger partial charge is 0.151 e. The van der Waals surface area contributed by atoms with Crippen LogP contribution in [0.3, 0.4) is 0 Å². The van der Waals surface area contributed by atoms with E-state index in [4.69, 9.17) is 0 Å². The van der Waals surface area contributed by atoms with Gasteiger partial charge in [-0.05, 0) is 25.8 Å². The molecule has 0 rings (SSSR count). The van der Waals surface area contributed by atoms with Crippen molar-refractivity contribution < 1.29 is 8.42 Å². The largest absolute Gasteiger partial charge is 0.316 e. The number of alkyl halides is 1. The third kappa shape index (κ3) is 10.9. The van der Waals surface area contributed by atoms with Crippen LogP contribution in [0.25, 0.3) is 0 Å². The number of hydrogen-bond acceptors (Lipinski definition) is 3. The molecule has 0 aromatic heterocycles. The van der Waals surface area contributed by atoms with Crippen LogP contribution in [0, 0.1) is 0 Å². The summed E-state index contributed by atoms with van der Waals surface area (Å²) in [6, 6.07) is 0. The summed E-state index contributed by atoms with van der Waals surface area (Å²) in [5, 5.41) is 4.26. The molecule has 3 nitrogen and oxygen atoms in total. The van der Waals surface area contributed by atoms with Gasteiger partial charge in [0.2, 0.25) is 0 Å². The van der Waals surface area contributed by atoms with Crippen LogP contribution in [-0.2, 0) is 9.84 Å². The second-order valence-corrected chi connectivity index (χ2v) is 7.10. The van der Waals surface area contributed by atoms with Gasteiger partial charge < -0.3 is 5.32 Å². The molecule has 0 aliphatic rings. The molecular weight excluding hydrogens is 290 g/mol. The zero-order valence-corrected chi connectivity index (χ0v) is 12.6. The average molecular weight is 314 g/mol. The fourth-order valence-corrected chi connectivity index (χ4v) is 3.14. The lowest BCUT2D eigenvalue weighted by molar-refractivity contribution is 0.582. The van der Waals surface area contributed by atoms with Gasteiger partial charge in [-0.2, -0.15) is 0 Å². The summed E-state index contributed by atoms with van der Waals surface area (Å²) in [5.41, 5.74) is 0. The topological polar surface area (TPSA) is 46.2 Å². The van der Waals surface area contributed by atoms with Gasteiger partial charge in [-0.25, -0.2) is 8.42 Å². The van der Waals surface area contributed by atoms with Gasteiger partial charge >= 0.3 is 0 Å². The normalized spacial score (nSPS) is 11.9. The summed E-state index contributed by atoms with van der Waals surface area (Å²) >= 11 is 3.40. The lowest BCUT2D eigenvalue weighted by Crippen LogP contribution is -2.25. The summed E-state index contributed by atoms with van der Waals surface area (Å²) < 4.78 is 22.7. The molecule has 1 N–H and O–H groups in total. The number of unbranched alkanes of at least 4 members (excludes halogenated alkanes) is 3. The molecule has 0 radical (unpaired) electrons. The molecule has 16 heavy (non-hydrogen) atoms. The molecule has 0 aliphatic carbocycles. The van der Waals surface area contributed by atoms with E-state index in [-0.39, 0.29) is 5.75 Å². The minimum Gasteiger partial charge on any atom is -0.316 e. The molecule has 0 saturated heterocycles. The lowest BCUT2D eigenvalue weighted by atomic mass is 10.2. The maximum Gasteiger partial charge on any atom is 0.151 e. The standard InChI is InChI=1S/C11H24BrNO2S/c1-2-10-16(14,15)11-9-13-8-6-4-3-5-7-12/h13H,2-11H2,1H3. The van der Waals surface area contributed by atoms with Crippen LogP contribution in [0.1, 0.15) is 39.0 Å². The van der Waals surface area contributed by atoms with E-state index in [9.17, 15) is 8.42 Å². The Balaban J connectivity index is 3.27. The van der Waals surface area contributed by atoms with Gasteiger partial charge in [0.15, 0.2) is 9.84 Å². The van der Waals surface area contributed by atoms with Crippen LogP contribution in [0.5, 0.6) is 0 Å². The Morgan fingerprint density at radius 1 is 1.00 bits per heavy atom. The third-order valence-electron chi connectivity index (χ3n) is 2.34. The fourth-order valence-electron chi connectivity index (χ4n) is 1.46. The number of halogens is 1. The van der Waals surface area contributed by atoms with E-state index in [0.29, 0.717) is 12.3 Å². The summed E-state index contributed by atoms with van der Waals surface area (Å²) in [7, 11) is -2.80. The number of sulfone groups is 1. The molecule has 5 heteroatoms. The molecule has 0 heterocycles. The SMILES string of the molecule is CCCS(=O)(=O)CCNCCCCCCBr. The van der Waals surface area contributed by atoms with E-state index in [2.05, 4.69) is 21.2 Å². The van der Waals surface area contributed by atoms with E-state index in [1.165, 1.54) is 19.3 Å². The van der Waals surface area contributed by atoms with Crippen LogP contribution in [0.2, 0.25) is 0 Å². The van der Waals surface area contributed by atoms with Crippen molar-refractivity contribution in [2.45, 2.75) is 39.0 Å². The molecule has 0 bridgehead atoms. The molecule has 0 aromatic carbocycles. The maximum atomic E-state index is 11.4. The Labute approximate surface area is 108 Å². The highest BCUT2D eigenvalue weighted by molar-refractivity contribution is 9.09. The van der Waals surface area contributed by atoms with Gasteiger partial charge in [-0.1, -0.05) is 35.7 Å². The molecule has 0 fully saturated rings. The quantitative estimate of drug-likeness (QED) is 0.470. The van der Waals surface area contributed by atoms with Crippen molar-refractivity contribution in [2.24, 2.45) is 0 Å². The molecular formula is C11H24BrNO2S. The van der Waals surface area contributed by atoms with Crippen molar-refractivity contribution in [3.8, 4) is 0 Å². The second kappa shape index (κ2) is 10.5. The fraction of sp³-hybridized carbons (Fsp3) is 1.00. The van der Waals surface area contributed by atoms with Gasteiger partial charge in [0, 0.05) is 17.6 Å². The molecule has 0 aliphatic heterocycles. The Morgan fingerprint density at radius 3 is 2.31 bits per heavy atom. The Kier molecular flexibility index (Phi) is 10.8.